The van der Waals surface area contributed by atoms with Gasteiger partial charge in [0.2, 0.25) is 0 Å². The number of ether oxygens (including phenoxy) is 1. The van der Waals surface area contributed by atoms with Crippen LogP contribution < -0.4 is 4.74 Å². The summed E-state index contributed by atoms with van der Waals surface area (Å²) in [4.78, 5) is 30.6. The van der Waals surface area contributed by atoms with Crippen LogP contribution in [0, 0.1) is 6.92 Å². The molecule has 2 amide bonds. The maximum Gasteiger partial charge on any atom is 0.262 e. The van der Waals surface area contributed by atoms with Gasteiger partial charge in [-0.05, 0) is 84.6 Å². The average Bonchev–Trinajstić information content (AvgIpc) is 3.56. The monoisotopic (exact) mass is 640 g/mol. The van der Waals surface area contributed by atoms with Gasteiger partial charge in [-0.3, -0.25) is 14.5 Å². The predicted octanol–water partition coefficient (Wildman–Crippen LogP) is 10.1. The molecule has 1 fully saturated rings. The Morgan fingerprint density at radius 2 is 1.18 bits per heavy atom. The largest absolute Gasteiger partial charge is 0.496 e. The molecule has 5 heteroatoms. The van der Waals surface area contributed by atoms with E-state index in [1.165, 1.54) is 4.90 Å². The molecule has 7 aromatic rings. The summed E-state index contributed by atoms with van der Waals surface area (Å²) in [5, 5.41) is 7.26. The van der Waals surface area contributed by atoms with Crippen LogP contribution in [0.25, 0.3) is 54.5 Å². The van der Waals surface area contributed by atoms with Gasteiger partial charge in [0.05, 0.1) is 30.3 Å². The standard InChI is InChI=1S/C44H36N2O3/c1-26(2)39-41(44(48)45(43(39)47)25-37-32-19-11-9-15-29(32)23-30-16-10-12-20-33(30)37)27(3)40-28(4)46(31-17-7-6-8-18-31)42-35-22-14-13-21-34(35)38(49-5)24-36(40)42/h6-24H,25H2,1-5H3/b41-27+. The average molecular weight is 641 g/mol. The van der Waals surface area contributed by atoms with Crippen LogP contribution in [0.3, 0.4) is 0 Å². The van der Waals surface area contributed by atoms with Crippen molar-refractivity contribution in [3.63, 3.8) is 0 Å². The van der Waals surface area contributed by atoms with Crippen molar-refractivity contribution in [2.45, 2.75) is 34.2 Å². The summed E-state index contributed by atoms with van der Waals surface area (Å²) in [6.45, 7) is 8.09. The minimum Gasteiger partial charge on any atom is -0.496 e. The summed E-state index contributed by atoms with van der Waals surface area (Å²) in [6.07, 6.45) is 0. The number of amides is 2. The number of aromatic nitrogens is 1. The highest BCUT2D eigenvalue weighted by molar-refractivity contribution is 6.29. The third-order valence-corrected chi connectivity index (χ3v) is 10.0. The molecular weight excluding hydrogens is 604 g/mol. The van der Waals surface area contributed by atoms with Crippen LogP contribution in [0.15, 0.2) is 132 Å². The van der Waals surface area contributed by atoms with E-state index in [0.29, 0.717) is 11.1 Å². The number of nitrogens with zero attached hydrogens (tertiary/aromatic N) is 2. The Bertz CT molecular complexity index is 2530. The molecule has 0 spiro atoms. The SMILES string of the molecule is COc1cc2c(/C(C)=C3/C(=O)N(Cc4c5ccccc5cc5ccccc45)C(=O)C3=C(C)C)c(C)n(-c3ccccc3)c2c2ccccc12. The van der Waals surface area contributed by atoms with Crippen molar-refractivity contribution < 1.29 is 14.3 Å². The van der Waals surface area contributed by atoms with Gasteiger partial charge >= 0.3 is 0 Å². The van der Waals surface area contributed by atoms with Crippen LogP contribution in [-0.2, 0) is 16.1 Å². The lowest BCUT2D eigenvalue weighted by Gasteiger charge is -2.18. The van der Waals surface area contributed by atoms with Gasteiger partial charge < -0.3 is 9.30 Å². The molecular formula is C44H36N2O3. The molecule has 240 valence electrons. The molecule has 0 radical (unpaired) electrons. The molecule has 0 aliphatic carbocycles. The maximum atomic E-state index is 14.8. The third-order valence-electron chi connectivity index (χ3n) is 10.0. The van der Waals surface area contributed by atoms with E-state index in [9.17, 15) is 9.59 Å². The molecule has 1 saturated heterocycles. The summed E-state index contributed by atoms with van der Waals surface area (Å²) in [7, 11) is 1.69. The quantitative estimate of drug-likeness (QED) is 0.107. The Morgan fingerprint density at radius 3 is 1.80 bits per heavy atom. The van der Waals surface area contributed by atoms with Crippen LogP contribution in [0.4, 0.5) is 0 Å². The van der Waals surface area contributed by atoms with Crippen LogP contribution >= 0.6 is 0 Å². The summed E-state index contributed by atoms with van der Waals surface area (Å²) < 4.78 is 8.20. The normalized spacial score (nSPS) is 14.6. The summed E-state index contributed by atoms with van der Waals surface area (Å²) in [6, 6.07) is 39.1. The first-order valence-corrected chi connectivity index (χ1v) is 16.6. The Balaban J connectivity index is 1.39. The summed E-state index contributed by atoms with van der Waals surface area (Å²) in [5.74, 6) is 0.223. The van der Waals surface area contributed by atoms with E-state index in [4.69, 9.17) is 4.74 Å². The first kappa shape index (κ1) is 30.4. The van der Waals surface area contributed by atoms with Crippen LogP contribution in [-0.4, -0.2) is 28.4 Å². The highest BCUT2D eigenvalue weighted by Crippen LogP contribution is 2.44. The number of imide groups is 1. The van der Waals surface area contributed by atoms with Crippen molar-refractivity contribution in [1.29, 1.82) is 0 Å². The molecule has 1 aliphatic rings. The fourth-order valence-electron chi connectivity index (χ4n) is 7.87. The number of carbonyl (C=O) groups excluding carboxylic acids is 2. The zero-order valence-electron chi connectivity index (χ0n) is 28.3. The van der Waals surface area contributed by atoms with Crippen LogP contribution in [0.2, 0.25) is 0 Å². The number of methoxy groups -OCH3 is 1. The van der Waals surface area contributed by atoms with Crippen molar-refractivity contribution in [2.75, 3.05) is 7.11 Å². The molecule has 0 unspecified atom stereocenters. The van der Waals surface area contributed by atoms with Crippen molar-refractivity contribution in [1.82, 2.24) is 9.47 Å². The van der Waals surface area contributed by atoms with Crippen LogP contribution in [0.1, 0.15) is 37.6 Å². The molecule has 1 aliphatic heterocycles. The van der Waals surface area contributed by atoms with Gasteiger partial charge in [0.15, 0.2) is 0 Å². The molecule has 5 nitrogen and oxygen atoms in total. The Hall–Kier alpha value is -5.94. The minimum absolute atomic E-state index is 0.177. The minimum atomic E-state index is -0.275. The Morgan fingerprint density at radius 1 is 0.633 bits per heavy atom. The molecule has 8 rings (SSSR count). The van der Waals surface area contributed by atoms with E-state index < -0.39 is 0 Å². The smallest absolute Gasteiger partial charge is 0.262 e. The van der Waals surface area contributed by atoms with Gasteiger partial charge in [0.25, 0.3) is 11.8 Å². The van der Waals surface area contributed by atoms with Gasteiger partial charge in [-0.15, -0.1) is 0 Å². The zero-order chi connectivity index (χ0) is 34.0. The number of carbonyl (C=O) groups is 2. The Labute approximate surface area is 285 Å². The lowest BCUT2D eigenvalue weighted by atomic mass is 9.92. The van der Waals surface area contributed by atoms with E-state index >= 15 is 0 Å². The van der Waals surface area contributed by atoms with Crippen LogP contribution in [0.5, 0.6) is 5.75 Å². The molecule has 49 heavy (non-hydrogen) atoms. The van der Waals surface area contributed by atoms with E-state index in [-0.39, 0.29) is 18.4 Å². The second kappa shape index (κ2) is 11.6. The van der Waals surface area contributed by atoms with Gasteiger partial charge in [0.1, 0.15) is 5.75 Å². The number of para-hydroxylation sites is 1. The van der Waals surface area contributed by atoms with Gasteiger partial charge in [-0.25, -0.2) is 0 Å². The third kappa shape index (κ3) is 4.61. The van der Waals surface area contributed by atoms with Crippen molar-refractivity contribution in [2.24, 2.45) is 0 Å². The molecule has 0 N–H and O–H groups in total. The fourth-order valence-corrected chi connectivity index (χ4v) is 7.87. The fraction of sp³-hybridized carbons (Fsp3) is 0.136. The number of benzene rings is 6. The maximum absolute atomic E-state index is 14.8. The number of likely N-dealkylation sites (tertiary alicyclic amines) is 1. The molecule has 0 atom stereocenters. The first-order chi connectivity index (χ1) is 23.8. The number of fused-ring (bicyclic) bond motifs is 5. The number of hydrogen-bond donors (Lipinski definition) is 0. The summed E-state index contributed by atoms with van der Waals surface area (Å²) in [5.41, 5.74) is 7.44. The van der Waals surface area contributed by atoms with Gasteiger partial charge in [-0.1, -0.05) is 96.6 Å². The summed E-state index contributed by atoms with van der Waals surface area (Å²) >= 11 is 0. The molecule has 0 saturated carbocycles. The molecule has 2 heterocycles. The number of hydrogen-bond acceptors (Lipinski definition) is 3. The van der Waals surface area contributed by atoms with Crippen molar-refractivity contribution in [3.8, 4) is 11.4 Å². The van der Waals surface area contributed by atoms with Gasteiger partial charge in [0, 0.05) is 33.1 Å². The molecule has 0 bridgehead atoms. The second-order valence-electron chi connectivity index (χ2n) is 13.0. The van der Waals surface area contributed by atoms with Crippen molar-refractivity contribution >= 4 is 60.6 Å². The predicted molar refractivity (Wildman–Crippen MR) is 200 cm³/mol. The topological polar surface area (TPSA) is 51.5 Å². The lowest BCUT2D eigenvalue weighted by molar-refractivity contribution is -0.137. The zero-order valence-corrected chi connectivity index (χ0v) is 28.3. The van der Waals surface area contributed by atoms with E-state index in [1.807, 2.05) is 75.4 Å². The van der Waals surface area contributed by atoms with E-state index in [2.05, 4.69) is 72.2 Å². The number of rotatable bonds is 5. The number of allylic oxidation sites excluding steroid dienone is 2. The molecule has 6 aromatic carbocycles. The van der Waals surface area contributed by atoms with E-state index in [0.717, 1.165) is 82.6 Å². The van der Waals surface area contributed by atoms with Gasteiger partial charge in [-0.2, -0.15) is 0 Å². The second-order valence-corrected chi connectivity index (χ2v) is 13.0. The first-order valence-electron chi connectivity index (χ1n) is 16.6. The van der Waals surface area contributed by atoms with Crippen molar-refractivity contribution in [3.05, 3.63) is 149 Å². The molecule has 1 aromatic heterocycles. The highest BCUT2D eigenvalue weighted by Gasteiger charge is 2.42. The highest BCUT2D eigenvalue weighted by atomic mass is 16.5. The van der Waals surface area contributed by atoms with E-state index in [1.54, 1.807) is 7.11 Å². The lowest BCUT2D eigenvalue weighted by Crippen LogP contribution is -2.29. The Kier molecular flexibility index (Phi) is 7.22.